The number of benzene rings is 1. The highest BCUT2D eigenvalue weighted by molar-refractivity contribution is 14.0. The van der Waals surface area contributed by atoms with Crippen molar-refractivity contribution in [1.82, 2.24) is 0 Å². The minimum Gasteiger partial charge on any atom is -0.383 e. The molecule has 1 atom stereocenters. The lowest BCUT2D eigenvalue weighted by molar-refractivity contribution is 0.0713. The van der Waals surface area contributed by atoms with Gasteiger partial charge in [-0.2, -0.15) is 0 Å². The molecule has 0 saturated heterocycles. The van der Waals surface area contributed by atoms with E-state index < -0.39 is 5.60 Å². The van der Waals surface area contributed by atoms with E-state index in [4.69, 9.17) is 5.73 Å². The summed E-state index contributed by atoms with van der Waals surface area (Å²) in [4.78, 5) is 5.12. The first-order valence-electron chi connectivity index (χ1n) is 6.93. The van der Waals surface area contributed by atoms with Gasteiger partial charge in [-0.15, -0.1) is 35.3 Å². The monoisotopic (exact) mass is 431 g/mol. The van der Waals surface area contributed by atoms with Crippen molar-refractivity contribution in [3.8, 4) is 0 Å². The molecule has 1 aromatic carbocycles. The molecule has 1 aromatic heterocycles. The molecular formula is C16H22IN3OS. The van der Waals surface area contributed by atoms with Crippen LogP contribution in [0.15, 0.2) is 46.8 Å². The first kappa shape index (κ1) is 18.9. The molecule has 0 saturated carbocycles. The third-order valence-electron chi connectivity index (χ3n) is 3.22. The fourth-order valence-corrected chi connectivity index (χ4v) is 2.74. The molecule has 0 radical (unpaired) electrons. The van der Waals surface area contributed by atoms with E-state index in [-0.39, 0.29) is 30.5 Å². The predicted octanol–water partition coefficient (Wildman–Crippen LogP) is 3.56. The number of aryl methyl sites for hydroxylation is 1. The Balaban J connectivity index is 0.00000242. The van der Waals surface area contributed by atoms with Gasteiger partial charge < -0.3 is 16.2 Å². The Kier molecular flexibility index (Phi) is 7.31. The molecule has 0 aliphatic heterocycles. The largest absolute Gasteiger partial charge is 0.383 e. The van der Waals surface area contributed by atoms with E-state index in [1.807, 2.05) is 35.7 Å². The van der Waals surface area contributed by atoms with Gasteiger partial charge in [0.1, 0.15) is 5.60 Å². The van der Waals surface area contributed by atoms with Crippen LogP contribution in [-0.4, -0.2) is 17.6 Å². The van der Waals surface area contributed by atoms with Crippen LogP contribution in [0.5, 0.6) is 0 Å². The molecular weight excluding hydrogens is 409 g/mol. The van der Waals surface area contributed by atoms with E-state index in [0.717, 1.165) is 17.0 Å². The van der Waals surface area contributed by atoms with Crippen LogP contribution in [0.4, 0.5) is 5.69 Å². The van der Waals surface area contributed by atoms with Gasteiger partial charge >= 0.3 is 0 Å². The lowest BCUT2D eigenvalue weighted by atomic mass is 10.1. The van der Waals surface area contributed by atoms with Crippen molar-refractivity contribution in [3.05, 3.63) is 52.2 Å². The quantitative estimate of drug-likeness (QED) is 0.385. The molecule has 2 aromatic rings. The number of aliphatic hydroxyl groups is 1. The Hall–Kier alpha value is -1.12. The highest BCUT2D eigenvalue weighted by Crippen LogP contribution is 2.25. The summed E-state index contributed by atoms with van der Waals surface area (Å²) in [7, 11) is 0. The molecule has 120 valence electrons. The maximum atomic E-state index is 10.4. The number of anilines is 1. The van der Waals surface area contributed by atoms with Gasteiger partial charge in [-0.25, -0.2) is 4.99 Å². The number of halogens is 1. The number of thiophene rings is 1. The Morgan fingerprint density at radius 3 is 2.77 bits per heavy atom. The molecule has 0 aliphatic carbocycles. The van der Waals surface area contributed by atoms with E-state index in [9.17, 15) is 5.11 Å². The average molecular weight is 431 g/mol. The van der Waals surface area contributed by atoms with Gasteiger partial charge in [0.25, 0.3) is 0 Å². The summed E-state index contributed by atoms with van der Waals surface area (Å²) in [5.74, 6) is 0.306. The zero-order valence-corrected chi connectivity index (χ0v) is 15.9. The molecule has 4 N–H and O–H groups in total. The number of nitrogens with two attached hydrogens (primary N) is 1. The Morgan fingerprint density at radius 1 is 1.36 bits per heavy atom. The Bertz CT molecular complexity index is 612. The molecule has 6 heteroatoms. The first-order chi connectivity index (χ1) is 10.0. The smallest absolute Gasteiger partial charge is 0.193 e. The Morgan fingerprint density at radius 2 is 2.14 bits per heavy atom. The SMILES string of the molecule is CCc1cccc(NC(N)=NCC(C)(O)c2cccs2)c1.I. The van der Waals surface area contributed by atoms with Crippen LogP contribution in [0.3, 0.4) is 0 Å². The van der Waals surface area contributed by atoms with Gasteiger partial charge in [0.15, 0.2) is 5.96 Å². The second-order valence-corrected chi connectivity index (χ2v) is 6.08. The molecule has 1 unspecified atom stereocenters. The van der Waals surface area contributed by atoms with Crippen molar-refractivity contribution in [1.29, 1.82) is 0 Å². The maximum Gasteiger partial charge on any atom is 0.193 e. The number of rotatable bonds is 5. The average Bonchev–Trinajstić information content (AvgIpc) is 3.00. The summed E-state index contributed by atoms with van der Waals surface area (Å²) in [6.45, 7) is 4.07. The zero-order valence-electron chi connectivity index (χ0n) is 12.7. The fraction of sp³-hybridized carbons (Fsp3) is 0.312. The second-order valence-electron chi connectivity index (χ2n) is 5.13. The van der Waals surface area contributed by atoms with Gasteiger partial charge in [0, 0.05) is 10.6 Å². The lowest BCUT2D eigenvalue weighted by Gasteiger charge is -2.19. The molecule has 0 bridgehead atoms. The van der Waals surface area contributed by atoms with Crippen LogP contribution in [-0.2, 0) is 12.0 Å². The zero-order chi connectivity index (χ0) is 15.3. The van der Waals surface area contributed by atoms with Gasteiger partial charge in [-0.3, -0.25) is 0 Å². The van der Waals surface area contributed by atoms with Crippen LogP contribution in [0, 0.1) is 0 Å². The van der Waals surface area contributed by atoms with Gasteiger partial charge in [-0.1, -0.05) is 25.1 Å². The van der Waals surface area contributed by atoms with Crippen LogP contribution in [0.2, 0.25) is 0 Å². The Labute approximate surface area is 152 Å². The van der Waals surface area contributed by atoms with Crippen molar-refractivity contribution in [2.75, 3.05) is 11.9 Å². The fourth-order valence-electron chi connectivity index (χ4n) is 1.96. The van der Waals surface area contributed by atoms with Crippen molar-refractivity contribution in [2.24, 2.45) is 10.7 Å². The molecule has 0 fully saturated rings. The number of nitrogens with zero attached hydrogens (tertiary/aromatic N) is 1. The van der Waals surface area contributed by atoms with Gasteiger partial charge in [-0.05, 0) is 42.5 Å². The lowest BCUT2D eigenvalue weighted by Crippen LogP contribution is -2.29. The number of hydrogen-bond acceptors (Lipinski definition) is 3. The molecule has 2 rings (SSSR count). The summed E-state index contributed by atoms with van der Waals surface area (Å²) in [6, 6.07) is 11.8. The minimum absolute atomic E-state index is 0. The number of nitrogens with one attached hydrogen (secondary N) is 1. The highest BCUT2D eigenvalue weighted by Gasteiger charge is 2.23. The summed E-state index contributed by atoms with van der Waals surface area (Å²) < 4.78 is 0. The highest BCUT2D eigenvalue weighted by atomic mass is 127. The normalized spacial score (nSPS) is 14.0. The van der Waals surface area contributed by atoms with Crippen LogP contribution >= 0.6 is 35.3 Å². The standard InChI is InChI=1S/C16H21N3OS.HI/c1-3-12-6-4-7-13(10-12)19-15(17)18-11-16(2,20)14-8-5-9-21-14;/h4-10,20H,3,11H2,1-2H3,(H3,17,18,19);1H. The molecule has 0 amide bonds. The number of hydrogen-bond donors (Lipinski definition) is 3. The molecule has 22 heavy (non-hydrogen) atoms. The van der Waals surface area contributed by atoms with Gasteiger partial charge in [0.2, 0.25) is 0 Å². The van der Waals surface area contributed by atoms with E-state index in [1.165, 1.54) is 16.9 Å². The molecule has 1 heterocycles. The van der Waals surface area contributed by atoms with Crippen LogP contribution in [0.1, 0.15) is 24.3 Å². The van der Waals surface area contributed by atoms with Gasteiger partial charge in [0.05, 0.1) is 6.54 Å². The first-order valence-corrected chi connectivity index (χ1v) is 7.81. The van der Waals surface area contributed by atoms with Crippen molar-refractivity contribution >= 4 is 47.0 Å². The van der Waals surface area contributed by atoms with Crippen molar-refractivity contribution in [3.63, 3.8) is 0 Å². The van der Waals surface area contributed by atoms with E-state index in [1.54, 1.807) is 6.92 Å². The predicted molar refractivity (Wildman–Crippen MR) is 105 cm³/mol. The number of aliphatic imine (C=N–C) groups is 1. The van der Waals surface area contributed by atoms with Crippen molar-refractivity contribution < 1.29 is 5.11 Å². The number of guanidine groups is 1. The summed E-state index contributed by atoms with van der Waals surface area (Å²) >= 11 is 1.51. The third kappa shape index (κ3) is 5.26. The summed E-state index contributed by atoms with van der Waals surface area (Å²) in [5.41, 5.74) is 7.04. The minimum atomic E-state index is -0.994. The van der Waals surface area contributed by atoms with E-state index >= 15 is 0 Å². The van der Waals surface area contributed by atoms with Crippen LogP contribution < -0.4 is 11.1 Å². The summed E-state index contributed by atoms with van der Waals surface area (Å²) in [6.07, 6.45) is 0.972. The van der Waals surface area contributed by atoms with E-state index in [2.05, 4.69) is 23.3 Å². The molecule has 4 nitrogen and oxygen atoms in total. The molecule has 0 aliphatic rings. The molecule has 0 spiro atoms. The second kappa shape index (κ2) is 8.50. The maximum absolute atomic E-state index is 10.4. The van der Waals surface area contributed by atoms with Crippen LogP contribution in [0.25, 0.3) is 0 Å². The summed E-state index contributed by atoms with van der Waals surface area (Å²) in [5, 5.41) is 15.4. The van der Waals surface area contributed by atoms with Crippen molar-refractivity contribution in [2.45, 2.75) is 25.9 Å². The third-order valence-corrected chi connectivity index (χ3v) is 4.34. The van der Waals surface area contributed by atoms with E-state index in [0.29, 0.717) is 5.96 Å². The topological polar surface area (TPSA) is 70.6 Å².